The van der Waals surface area contributed by atoms with Gasteiger partial charge in [-0.25, -0.2) is 14.3 Å². The number of thiazole rings is 1. The molecule has 0 radical (unpaired) electrons. The second kappa shape index (κ2) is 8.41. The standard InChI is InChI=1S/C22H18N4O5S2/c1-12-3-6-14(7-4-12)26-20(28)18-19(24-21(32-2)33-18)25(22(26)29)10-17(27)23-13-5-8-15-16(9-13)31-11-30-15/h3-9H,10-11H2,1-2H3,(H,23,27). The first-order chi connectivity index (χ1) is 15.9. The number of anilines is 1. The van der Waals surface area contributed by atoms with Crippen LogP contribution in [0.4, 0.5) is 5.69 Å². The van der Waals surface area contributed by atoms with Gasteiger partial charge in [0, 0.05) is 11.8 Å². The summed E-state index contributed by atoms with van der Waals surface area (Å²) in [6.45, 7) is 1.73. The van der Waals surface area contributed by atoms with E-state index in [1.807, 2.05) is 25.3 Å². The number of rotatable bonds is 5. The number of benzene rings is 2. The lowest BCUT2D eigenvalue weighted by Crippen LogP contribution is -2.40. The lowest BCUT2D eigenvalue weighted by Gasteiger charge is -2.12. The fourth-order valence-electron chi connectivity index (χ4n) is 3.48. The molecule has 2 aromatic heterocycles. The molecule has 1 aliphatic rings. The summed E-state index contributed by atoms with van der Waals surface area (Å²) in [6.07, 6.45) is 1.84. The number of fused-ring (bicyclic) bond motifs is 2. The summed E-state index contributed by atoms with van der Waals surface area (Å²) < 4.78 is 13.9. The van der Waals surface area contributed by atoms with Crippen LogP contribution in [0.5, 0.6) is 11.5 Å². The zero-order valence-corrected chi connectivity index (χ0v) is 19.3. The molecule has 9 nitrogen and oxygen atoms in total. The van der Waals surface area contributed by atoms with E-state index in [4.69, 9.17) is 9.47 Å². The van der Waals surface area contributed by atoms with Gasteiger partial charge < -0.3 is 14.8 Å². The zero-order valence-electron chi connectivity index (χ0n) is 17.7. The number of aromatic nitrogens is 3. The average molecular weight is 483 g/mol. The molecule has 11 heteroatoms. The van der Waals surface area contributed by atoms with E-state index in [9.17, 15) is 14.4 Å². The number of hydrogen-bond donors (Lipinski definition) is 1. The molecule has 1 N–H and O–H groups in total. The summed E-state index contributed by atoms with van der Waals surface area (Å²) in [5.41, 5.74) is 1.05. The SMILES string of the molecule is CSc1nc2c(s1)c(=O)n(-c1ccc(C)cc1)c(=O)n2CC(=O)Nc1ccc2c(c1)OCO2. The summed E-state index contributed by atoms with van der Waals surface area (Å²) in [4.78, 5) is 43.9. The van der Waals surface area contributed by atoms with Crippen LogP contribution in [0.1, 0.15) is 5.56 Å². The van der Waals surface area contributed by atoms with Crippen LogP contribution in [0.2, 0.25) is 0 Å². The van der Waals surface area contributed by atoms with Gasteiger partial charge in [0.2, 0.25) is 12.7 Å². The number of amides is 1. The molecule has 4 aromatic rings. The molecule has 0 spiro atoms. The van der Waals surface area contributed by atoms with Gasteiger partial charge in [0.1, 0.15) is 11.2 Å². The molecule has 0 saturated carbocycles. The fraction of sp³-hybridized carbons (Fsp3) is 0.182. The van der Waals surface area contributed by atoms with Gasteiger partial charge in [0.05, 0.1) is 5.69 Å². The monoisotopic (exact) mass is 482 g/mol. The van der Waals surface area contributed by atoms with E-state index in [-0.39, 0.29) is 19.0 Å². The number of carbonyl (C=O) groups excluding carboxylic acids is 1. The molecule has 33 heavy (non-hydrogen) atoms. The van der Waals surface area contributed by atoms with Crippen LogP contribution in [-0.2, 0) is 11.3 Å². The Hall–Kier alpha value is -3.57. The van der Waals surface area contributed by atoms with Crippen molar-refractivity contribution in [2.45, 2.75) is 17.8 Å². The number of nitrogens with one attached hydrogen (secondary N) is 1. The van der Waals surface area contributed by atoms with Gasteiger partial charge in [-0.15, -0.1) is 11.3 Å². The number of aryl methyl sites for hydroxylation is 1. The third-order valence-electron chi connectivity index (χ3n) is 5.09. The molecular weight excluding hydrogens is 464 g/mol. The number of carbonyl (C=O) groups is 1. The van der Waals surface area contributed by atoms with Gasteiger partial charge in [0.15, 0.2) is 21.5 Å². The number of ether oxygens (including phenoxy) is 2. The van der Waals surface area contributed by atoms with Crippen molar-refractivity contribution in [2.24, 2.45) is 0 Å². The maximum Gasteiger partial charge on any atom is 0.337 e. The molecule has 0 unspecified atom stereocenters. The Morgan fingerprint density at radius 1 is 1.15 bits per heavy atom. The second-order valence-electron chi connectivity index (χ2n) is 7.30. The van der Waals surface area contributed by atoms with Crippen molar-refractivity contribution in [3.63, 3.8) is 0 Å². The van der Waals surface area contributed by atoms with Crippen LogP contribution in [-0.4, -0.2) is 33.1 Å². The van der Waals surface area contributed by atoms with Crippen LogP contribution < -0.4 is 26.0 Å². The number of hydrogen-bond acceptors (Lipinski definition) is 8. The highest BCUT2D eigenvalue weighted by atomic mass is 32.2. The Bertz CT molecular complexity index is 1500. The lowest BCUT2D eigenvalue weighted by molar-refractivity contribution is -0.116. The zero-order chi connectivity index (χ0) is 23.1. The normalized spacial score (nSPS) is 12.3. The van der Waals surface area contributed by atoms with Gasteiger partial charge in [0.25, 0.3) is 5.56 Å². The van der Waals surface area contributed by atoms with Crippen LogP contribution in [0.25, 0.3) is 16.0 Å². The number of nitrogens with zero attached hydrogens (tertiary/aromatic N) is 3. The highest BCUT2D eigenvalue weighted by Gasteiger charge is 2.21. The summed E-state index contributed by atoms with van der Waals surface area (Å²) in [5, 5.41) is 2.76. The second-order valence-corrected chi connectivity index (χ2v) is 9.35. The Balaban J connectivity index is 1.57. The average Bonchev–Trinajstić information content (AvgIpc) is 3.45. The van der Waals surface area contributed by atoms with E-state index in [1.54, 1.807) is 30.3 Å². The van der Waals surface area contributed by atoms with Gasteiger partial charge in [-0.2, -0.15) is 0 Å². The van der Waals surface area contributed by atoms with Crippen LogP contribution >= 0.6 is 23.1 Å². The number of thioether (sulfide) groups is 1. The topological polar surface area (TPSA) is 104 Å². The Kier molecular flexibility index (Phi) is 5.43. The van der Waals surface area contributed by atoms with Crippen LogP contribution in [0.15, 0.2) is 56.4 Å². The van der Waals surface area contributed by atoms with Crippen molar-refractivity contribution in [1.29, 1.82) is 0 Å². The third-order valence-corrected chi connectivity index (χ3v) is 7.11. The van der Waals surface area contributed by atoms with E-state index in [2.05, 4.69) is 10.3 Å². The maximum absolute atomic E-state index is 13.4. The first-order valence-corrected chi connectivity index (χ1v) is 12.0. The molecule has 168 valence electrons. The van der Waals surface area contributed by atoms with Crippen molar-refractivity contribution < 1.29 is 14.3 Å². The fourth-order valence-corrected chi connectivity index (χ4v) is 4.98. The molecule has 2 aromatic carbocycles. The molecule has 5 rings (SSSR count). The van der Waals surface area contributed by atoms with Crippen molar-refractivity contribution in [3.05, 3.63) is 68.9 Å². The van der Waals surface area contributed by atoms with E-state index >= 15 is 0 Å². The molecule has 0 fully saturated rings. The lowest BCUT2D eigenvalue weighted by atomic mass is 10.2. The van der Waals surface area contributed by atoms with E-state index in [0.717, 1.165) is 10.1 Å². The summed E-state index contributed by atoms with van der Waals surface area (Å²) in [7, 11) is 0. The molecule has 1 aliphatic heterocycles. The van der Waals surface area contributed by atoms with E-state index < -0.39 is 17.2 Å². The van der Waals surface area contributed by atoms with Crippen LogP contribution in [0, 0.1) is 6.92 Å². The Morgan fingerprint density at radius 3 is 2.67 bits per heavy atom. The first kappa shape index (κ1) is 21.3. The minimum Gasteiger partial charge on any atom is -0.454 e. The molecule has 0 bridgehead atoms. The minimum absolute atomic E-state index is 0.127. The van der Waals surface area contributed by atoms with E-state index in [1.165, 1.54) is 27.7 Å². The summed E-state index contributed by atoms with van der Waals surface area (Å²) >= 11 is 2.57. The molecule has 1 amide bonds. The first-order valence-electron chi connectivity index (χ1n) is 9.91. The van der Waals surface area contributed by atoms with Gasteiger partial charge in [-0.3, -0.25) is 14.2 Å². The van der Waals surface area contributed by atoms with Crippen molar-refractivity contribution in [1.82, 2.24) is 14.1 Å². The maximum atomic E-state index is 13.4. The van der Waals surface area contributed by atoms with Gasteiger partial charge >= 0.3 is 5.69 Å². The van der Waals surface area contributed by atoms with E-state index in [0.29, 0.717) is 31.9 Å². The molecule has 0 atom stereocenters. The quantitative estimate of drug-likeness (QED) is 0.436. The summed E-state index contributed by atoms with van der Waals surface area (Å²) in [5.74, 6) is 0.692. The summed E-state index contributed by atoms with van der Waals surface area (Å²) in [6, 6.07) is 12.1. The smallest absolute Gasteiger partial charge is 0.337 e. The molecular formula is C22H18N4O5S2. The predicted octanol–water partition coefficient (Wildman–Crippen LogP) is 3.01. The minimum atomic E-state index is -0.629. The van der Waals surface area contributed by atoms with Gasteiger partial charge in [-0.05, 0) is 37.4 Å². The van der Waals surface area contributed by atoms with Crippen molar-refractivity contribution >= 4 is 45.0 Å². The third kappa shape index (κ3) is 3.89. The Labute approximate surface area is 195 Å². The molecule has 0 aliphatic carbocycles. The highest BCUT2D eigenvalue weighted by Crippen LogP contribution is 2.34. The largest absolute Gasteiger partial charge is 0.454 e. The Morgan fingerprint density at radius 2 is 1.91 bits per heavy atom. The van der Waals surface area contributed by atoms with Crippen molar-refractivity contribution in [2.75, 3.05) is 18.4 Å². The molecule has 3 heterocycles. The van der Waals surface area contributed by atoms with Crippen LogP contribution in [0.3, 0.4) is 0 Å². The predicted molar refractivity (Wildman–Crippen MR) is 127 cm³/mol. The van der Waals surface area contributed by atoms with Crippen molar-refractivity contribution in [3.8, 4) is 17.2 Å². The molecule has 0 saturated heterocycles. The highest BCUT2D eigenvalue weighted by molar-refractivity contribution is 8.00. The van der Waals surface area contributed by atoms with Gasteiger partial charge in [-0.1, -0.05) is 29.5 Å².